The van der Waals surface area contributed by atoms with Crippen LogP contribution in [0.1, 0.15) is 11.3 Å². The lowest BCUT2D eigenvalue weighted by Crippen LogP contribution is -1.95. The summed E-state index contributed by atoms with van der Waals surface area (Å²) in [7, 11) is 1.93. The molecule has 0 spiro atoms. The fourth-order valence-electron chi connectivity index (χ4n) is 2.77. The summed E-state index contributed by atoms with van der Waals surface area (Å²) in [4.78, 5) is 4.76. The highest BCUT2D eigenvalue weighted by Gasteiger charge is 2.15. The molecular formula is C20H16Cl2N4S2. The molecule has 0 aliphatic heterocycles. The van der Waals surface area contributed by atoms with Gasteiger partial charge in [-0.1, -0.05) is 58.7 Å². The van der Waals surface area contributed by atoms with Crippen LogP contribution >= 0.6 is 46.3 Å². The van der Waals surface area contributed by atoms with Crippen molar-refractivity contribution in [1.29, 1.82) is 0 Å². The molecule has 0 atom stereocenters. The van der Waals surface area contributed by atoms with E-state index in [0.29, 0.717) is 15.9 Å². The van der Waals surface area contributed by atoms with Gasteiger partial charge in [-0.15, -0.1) is 21.5 Å². The minimum atomic E-state index is 0.557. The van der Waals surface area contributed by atoms with Gasteiger partial charge in [0.2, 0.25) is 0 Å². The van der Waals surface area contributed by atoms with E-state index in [1.54, 1.807) is 35.2 Å². The first-order valence-electron chi connectivity index (χ1n) is 8.50. The number of nitrogens with zero attached hydrogens (tertiary/aromatic N) is 4. The Morgan fingerprint density at radius 2 is 1.96 bits per heavy atom. The Kier molecular flexibility index (Phi) is 5.73. The molecule has 28 heavy (non-hydrogen) atoms. The van der Waals surface area contributed by atoms with Crippen molar-refractivity contribution in [3.05, 3.63) is 69.1 Å². The van der Waals surface area contributed by atoms with Crippen molar-refractivity contribution in [2.75, 3.05) is 0 Å². The Morgan fingerprint density at radius 3 is 2.75 bits per heavy atom. The Morgan fingerprint density at radius 1 is 1.11 bits per heavy atom. The molecule has 8 heteroatoms. The van der Waals surface area contributed by atoms with Gasteiger partial charge in [-0.2, -0.15) is 0 Å². The van der Waals surface area contributed by atoms with E-state index in [-0.39, 0.29) is 0 Å². The average Bonchev–Trinajstić information content (AvgIpc) is 3.27. The van der Waals surface area contributed by atoms with Crippen molar-refractivity contribution in [3.8, 4) is 22.0 Å². The minimum absolute atomic E-state index is 0.557. The number of thioether (sulfide) groups is 1. The van der Waals surface area contributed by atoms with Crippen LogP contribution in [-0.2, 0) is 12.8 Å². The molecule has 0 bridgehead atoms. The molecule has 0 radical (unpaired) electrons. The molecule has 2 heterocycles. The average molecular weight is 447 g/mol. The van der Waals surface area contributed by atoms with Crippen molar-refractivity contribution in [1.82, 2.24) is 19.7 Å². The summed E-state index contributed by atoms with van der Waals surface area (Å²) >= 11 is 15.6. The highest BCUT2D eigenvalue weighted by Crippen LogP contribution is 2.32. The molecule has 2 aromatic carbocycles. The molecule has 0 amide bonds. The number of thiazole rings is 1. The quantitative estimate of drug-likeness (QED) is 0.327. The van der Waals surface area contributed by atoms with Crippen LogP contribution in [-0.4, -0.2) is 19.7 Å². The zero-order valence-electron chi connectivity index (χ0n) is 15.2. The number of halogens is 2. The molecular weight excluding hydrogens is 431 g/mol. The van der Waals surface area contributed by atoms with Crippen LogP contribution in [0, 0.1) is 6.92 Å². The number of rotatable bonds is 5. The van der Waals surface area contributed by atoms with E-state index in [1.165, 1.54) is 5.56 Å². The topological polar surface area (TPSA) is 43.6 Å². The van der Waals surface area contributed by atoms with E-state index < -0.39 is 0 Å². The summed E-state index contributed by atoms with van der Waals surface area (Å²) in [6.45, 7) is 2.09. The second kappa shape index (κ2) is 8.25. The van der Waals surface area contributed by atoms with E-state index in [9.17, 15) is 0 Å². The van der Waals surface area contributed by atoms with Gasteiger partial charge < -0.3 is 4.57 Å². The molecule has 0 unspecified atom stereocenters. The van der Waals surface area contributed by atoms with Crippen LogP contribution < -0.4 is 0 Å². The van der Waals surface area contributed by atoms with Gasteiger partial charge >= 0.3 is 0 Å². The first kappa shape index (κ1) is 19.5. The molecule has 4 aromatic rings. The molecule has 0 fully saturated rings. The SMILES string of the molecule is Cc1cccc(-c2nc(CSc3nnc(-c4ccc(Cl)cc4Cl)n3C)cs2)c1. The smallest absolute Gasteiger partial charge is 0.191 e. The molecule has 4 nitrogen and oxygen atoms in total. The Balaban J connectivity index is 1.50. The van der Waals surface area contributed by atoms with Gasteiger partial charge in [0.15, 0.2) is 11.0 Å². The van der Waals surface area contributed by atoms with Gasteiger partial charge in [0, 0.05) is 34.3 Å². The van der Waals surface area contributed by atoms with Crippen LogP contribution in [0.3, 0.4) is 0 Å². The molecule has 4 rings (SSSR count). The number of benzene rings is 2. The summed E-state index contributed by atoms with van der Waals surface area (Å²) in [5, 5.41) is 13.7. The maximum absolute atomic E-state index is 6.31. The van der Waals surface area contributed by atoms with Gasteiger partial charge in [0.05, 0.1) is 10.7 Å². The summed E-state index contributed by atoms with van der Waals surface area (Å²) in [6.07, 6.45) is 0. The van der Waals surface area contributed by atoms with Crippen LogP contribution in [0.15, 0.2) is 53.0 Å². The van der Waals surface area contributed by atoms with Gasteiger partial charge in [-0.05, 0) is 31.2 Å². The predicted octanol–water partition coefficient (Wildman–Crippen LogP) is 6.51. The number of hydrogen-bond donors (Lipinski definition) is 0. The molecule has 0 aliphatic carbocycles. The molecule has 0 saturated heterocycles. The maximum Gasteiger partial charge on any atom is 0.191 e. The molecule has 0 saturated carbocycles. The third-order valence-corrected chi connectivity index (χ3v) is 6.71. The molecule has 0 N–H and O–H groups in total. The van der Waals surface area contributed by atoms with Crippen molar-refractivity contribution in [2.45, 2.75) is 17.8 Å². The highest BCUT2D eigenvalue weighted by molar-refractivity contribution is 7.98. The standard InChI is InChI=1S/C20H16Cl2N4S2/c1-12-4-3-5-13(8-12)19-23-15(10-27-19)11-28-20-25-24-18(26(20)2)16-7-6-14(21)9-17(16)22/h3-10H,11H2,1-2H3. The third kappa shape index (κ3) is 4.10. The number of aryl methyl sites for hydroxylation is 1. The Hall–Kier alpha value is -1.86. The second-order valence-electron chi connectivity index (χ2n) is 6.29. The van der Waals surface area contributed by atoms with Gasteiger partial charge in [0.1, 0.15) is 5.01 Å². The summed E-state index contributed by atoms with van der Waals surface area (Å²) in [5.41, 5.74) is 4.22. The van der Waals surface area contributed by atoms with Crippen molar-refractivity contribution in [2.24, 2.45) is 7.05 Å². The lowest BCUT2D eigenvalue weighted by Gasteiger charge is -2.05. The second-order valence-corrected chi connectivity index (χ2v) is 8.94. The fourth-order valence-corrected chi connectivity index (χ4v) is 4.99. The summed E-state index contributed by atoms with van der Waals surface area (Å²) in [5.74, 6) is 1.44. The van der Waals surface area contributed by atoms with E-state index in [0.717, 1.165) is 32.7 Å². The summed E-state index contributed by atoms with van der Waals surface area (Å²) in [6, 6.07) is 13.8. The van der Waals surface area contributed by atoms with Crippen molar-refractivity contribution in [3.63, 3.8) is 0 Å². The highest BCUT2D eigenvalue weighted by atomic mass is 35.5. The number of hydrogen-bond acceptors (Lipinski definition) is 5. The summed E-state index contributed by atoms with van der Waals surface area (Å²) < 4.78 is 1.94. The van der Waals surface area contributed by atoms with Gasteiger partial charge in [-0.25, -0.2) is 4.98 Å². The van der Waals surface area contributed by atoms with E-state index in [4.69, 9.17) is 28.2 Å². The van der Waals surface area contributed by atoms with Crippen LogP contribution in [0.25, 0.3) is 22.0 Å². The van der Waals surface area contributed by atoms with Gasteiger partial charge in [-0.3, -0.25) is 0 Å². The van der Waals surface area contributed by atoms with Crippen molar-refractivity contribution >= 4 is 46.3 Å². The van der Waals surface area contributed by atoms with Crippen LogP contribution in [0.4, 0.5) is 0 Å². The van der Waals surface area contributed by atoms with E-state index >= 15 is 0 Å². The monoisotopic (exact) mass is 446 g/mol. The maximum atomic E-state index is 6.31. The largest absolute Gasteiger partial charge is 0.305 e. The fraction of sp³-hybridized carbons (Fsp3) is 0.150. The molecule has 142 valence electrons. The first-order chi connectivity index (χ1) is 13.5. The zero-order chi connectivity index (χ0) is 19.7. The van der Waals surface area contributed by atoms with E-state index in [2.05, 4.69) is 46.8 Å². The van der Waals surface area contributed by atoms with E-state index in [1.807, 2.05) is 17.7 Å². The van der Waals surface area contributed by atoms with Crippen LogP contribution in [0.5, 0.6) is 0 Å². The normalized spacial score (nSPS) is 11.1. The van der Waals surface area contributed by atoms with Gasteiger partial charge in [0.25, 0.3) is 0 Å². The minimum Gasteiger partial charge on any atom is -0.305 e. The Labute approximate surface area is 181 Å². The zero-order valence-corrected chi connectivity index (χ0v) is 18.3. The first-order valence-corrected chi connectivity index (χ1v) is 11.1. The molecule has 2 aromatic heterocycles. The predicted molar refractivity (Wildman–Crippen MR) is 118 cm³/mol. The number of aromatic nitrogens is 4. The molecule has 0 aliphatic rings. The van der Waals surface area contributed by atoms with Crippen LogP contribution in [0.2, 0.25) is 10.0 Å². The Bertz CT molecular complexity index is 1140. The van der Waals surface area contributed by atoms with Crippen molar-refractivity contribution < 1.29 is 0 Å². The lowest BCUT2D eigenvalue weighted by molar-refractivity contribution is 0.793. The third-order valence-electron chi connectivity index (χ3n) is 4.17. The lowest BCUT2D eigenvalue weighted by atomic mass is 10.1.